The van der Waals surface area contributed by atoms with Gasteiger partial charge in [-0.3, -0.25) is 0 Å². The topological polar surface area (TPSA) is 24.9 Å². The molecule has 1 heterocycles. The fraction of sp³-hybridized carbons (Fsp3) is 0.214. The minimum absolute atomic E-state index is 0.807. The number of aromatic nitrogens is 1. The largest absolute Gasteiger partial charge is 0.366 e. The van der Waals surface area contributed by atoms with E-state index >= 15 is 0 Å². The molecule has 0 aliphatic rings. The summed E-state index contributed by atoms with van der Waals surface area (Å²) in [5, 5.41) is 5.66. The Morgan fingerprint density at radius 1 is 1.29 bits per heavy atom. The van der Waals surface area contributed by atoms with Crippen LogP contribution in [0.1, 0.15) is 13.8 Å². The molecule has 88 valence electrons. The number of hydrogen-bond acceptors (Lipinski definition) is 2. The average molecular weight is 291 g/mol. The first-order valence-electron chi connectivity index (χ1n) is 5.59. The maximum atomic E-state index is 4.38. The number of allylic oxidation sites excluding steroid dienone is 1. The van der Waals surface area contributed by atoms with Crippen molar-refractivity contribution in [2.75, 3.05) is 11.9 Å². The van der Waals surface area contributed by atoms with E-state index in [9.17, 15) is 0 Å². The van der Waals surface area contributed by atoms with E-state index in [1.165, 1.54) is 11.0 Å². The Labute approximate surface area is 110 Å². The molecule has 0 radical (unpaired) electrons. The smallest absolute Gasteiger partial charge is 0.134 e. The third-order valence-corrected chi connectivity index (χ3v) is 3.22. The van der Waals surface area contributed by atoms with E-state index in [1.54, 1.807) is 0 Å². The fourth-order valence-corrected chi connectivity index (χ4v) is 2.16. The lowest BCUT2D eigenvalue weighted by molar-refractivity contribution is 1.22. The van der Waals surface area contributed by atoms with Gasteiger partial charge in [-0.2, -0.15) is 0 Å². The Morgan fingerprint density at radius 3 is 2.88 bits per heavy atom. The van der Waals surface area contributed by atoms with Gasteiger partial charge in [0.1, 0.15) is 5.82 Å². The molecule has 2 aromatic rings. The molecule has 0 saturated heterocycles. The number of halogens is 1. The second-order valence-electron chi connectivity index (χ2n) is 4.16. The highest BCUT2D eigenvalue weighted by Gasteiger charge is 2.03. The number of rotatable bonds is 3. The summed E-state index contributed by atoms with van der Waals surface area (Å²) in [5.41, 5.74) is 1.30. The highest BCUT2D eigenvalue weighted by molar-refractivity contribution is 9.10. The zero-order valence-electron chi connectivity index (χ0n) is 10.00. The lowest BCUT2D eigenvalue weighted by atomic mass is 10.1. The normalized spacial score (nSPS) is 10.3. The Bertz CT molecular complexity index is 557. The van der Waals surface area contributed by atoms with Crippen molar-refractivity contribution in [2.45, 2.75) is 13.8 Å². The van der Waals surface area contributed by atoms with Crippen LogP contribution in [0.2, 0.25) is 0 Å². The first-order chi connectivity index (χ1) is 8.18. The van der Waals surface area contributed by atoms with Gasteiger partial charge in [-0.15, -0.1) is 0 Å². The number of nitrogens with zero attached hydrogens (tertiary/aromatic N) is 1. The van der Waals surface area contributed by atoms with Gasteiger partial charge in [0, 0.05) is 28.0 Å². The number of benzene rings is 1. The van der Waals surface area contributed by atoms with Gasteiger partial charge in [-0.05, 0) is 26.0 Å². The predicted octanol–water partition coefficient (Wildman–Crippen LogP) is 4.38. The highest BCUT2D eigenvalue weighted by atomic mass is 79.9. The number of fused-ring (bicyclic) bond motifs is 1. The second kappa shape index (κ2) is 5.32. The van der Waals surface area contributed by atoms with Crippen LogP contribution in [0.4, 0.5) is 5.82 Å². The Morgan fingerprint density at radius 2 is 2.12 bits per heavy atom. The van der Waals surface area contributed by atoms with Crippen molar-refractivity contribution < 1.29 is 0 Å². The van der Waals surface area contributed by atoms with Crippen molar-refractivity contribution in [3.8, 4) is 0 Å². The molecule has 0 unspecified atom stereocenters. The van der Waals surface area contributed by atoms with Gasteiger partial charge in [-0.1, -0.05) is 39.7 Å². The van der Waals surface area contributed by atoms with Gasteiger partial charge >= 0.3 is 0 Å². The summed E-state index contributed by atoms with van der Waals surface area (Å²) >= 11 is 3.55. The summed E-state index contributed by atoms with van der Waals surface area (Å²) in [7, 11) is 0. The molecular weight excluding hydrogens is 276 g/mol. The van der Waals surface area contributed by atoms with E-state index in [-0.39, 0.29) is 0 Å². The molecule has 0 aliphatic heterocycles. The maximum Gasteiger partial charge on any atom is 0.134 e. The molecule has 2 rings (SSSR count). The Hall–Kier alpha value is -1.35. The van der Waals surface area contributed by atoms with Crippen molar-refractivity contribution in [3.63, 3.8) is 0 Å². The van der Waals surface area contributed by atoms with Crippen molar-refractivity contribution >= 4 is 32.5 Å². The summed E-state index contributed by atoms with van der Waals surface area (Å²) in [6.07, 6.45) is 3.98. The van der Waals surface area contributed by atoms with Gasteiger partial charge in [0.15, 0.2) is 0 Å². The summed E-state index contributed by atoms with van der Waals surface area (Å²) in [4.78, 5) is 4.38. The monoisotopic (exact) mass is 290 g/mol. The zero-order valence-corrected chi connectivity index (χ0v) is 11.6. The van der Waals surface area contributed by atoms with Gasteiger partial charge < -0.3 is 5.32 Å². The third-order valence-electron chi connectivity index (χ3n) is 2.53. The average Bonchev–Trinajstić information content (AvgIpc) is 2.30. The van der Waals surface area contributed by atoms with E-state index in [2.05, 4.69) is 52.2 Å². The van der Waals surface area contributed by atoms with Crippen LogP contribution in [-0.2, 0) is 0 Å². The molecule has 0 spiro atoms. The minimum Gasteiger partial charge on any atom is -0.366 e. The lowest BCUT2D eigenvalue weighted by Crippen LogP contribution is -2.01. The summed E-state index contributed by atoms with van der Waals surface area (Å²) in [6, 6.07) is 8.17. The van der Waals surface area contributed by atoms with E-state index in [1.807, 2.05) is 24.4 Å². The molecule has 1 aromatic carbocycles. The zero-order chi connectivity index (χ0) is 12.3. The molecule has 17 heavy (non-hydrogen) atoms. The Kier molecular flexibility index (Phi) is 3.79. The SMILES string of the molecule is CC(C)=CCNc1nccc2c(Br)cccc12. The summed E-state index contributed by atoms with van der Waals surface area (Å²) in [5.74, 6) is 0.932. The van der Waals surface area contributed by atoms with E-state index < -0.39 is 0 Å². The molecule has 0 fully saturated rings. The summed E-state index contributed by atoms with van der Waals surface area (Å²) < 4.78 is 1.10. The molecule has 0 saturated carbocycles. The first kappa shape index (κ1) is 12.1. The van der Waals surface area contributed by atoms with E-state index in [4.69, 9.17) is 0 Å². The van der Waals surface area contributed by atoms with Crippen LogP contribution in [0.25, 0.3) is 10.8 Å². The van der Waals surface area contributed by atoms with Gasteiger partial charge in [0.2, 0.25) is 0 Å². The number of anilines is 1. The van der Waals surface area contributed by atoms with Crippen molar-refractivity contribution in [1.82, 2.24) is 4.98 Å². The van der Waals surface area contributed by atoms with Crippen LogP contribution in [0.5, 0.6) is 0 Å². The second-order valence-corrected chi connectivity index (χ2v) is 5.01. The first-order valence-corrected chi connectivity index (χ1v) is 6.38. The third kappa shape index (κ3) is 2.86. The molecule has 0 atom stereocenters. The number of pyridine rings is 1. The molecule has 2 nitrogen and oxygen atoms in total. The summed E-state index contributed by atoms with van der Waals surface area (Å²) in [6.45, 7) is 4.99. The van der Waals surface area contributed by atoms with Crippen molar-refractivity contribution in [2.24, 2.45) is 0 Å². The number of hydrogen-bond donors (Lipinski definition) is 1. The van der Waals surface area contributed by atoms with Crippen LogP contribution in [0.15, 0.2) is 46.6 Å². The van der Waals surface area contributed by atoms with Gasteiger partial charge in [-0.25, -0.2) is 4.98 Å². The van der Waals surface area contributed by atoms with E-state index in [0.29, 0.717) is 0 Å². The molecular formula is C14H15BrN2. The van der Waals surface area contributed by atoms with Crippen LogP contribution < -0.4 is 5.32 Å². The van der Waals surface area contributed by atoms with Crippen molar-refractivity contribution in [1.29, 1.82) is 0 Å². The van der Waals surface area contributed by atoms with Crippen LogP contribution in [0.3, 0.4) is 0 Å². The quantitative estimate of drug-likeness (QED) is 0.849. The lowest BCUT2D eigenvalue weighted by Gasteiger charge is -2.07. The number of nitrogens with one attached hydrogen (secondary N) is 1. The van der Waals surface area contributed by atoms with Gasteiger partial charge in [0.05, 0.1) is 0 Å². The van der Waals surface area contributed by atoms with Crippen LogP contribution >= 0.6 is 15.9 Å². The van der Waals surface area contributed by atoms with E-state index in [0.717, 1.165) is 22.2 Å². The molecule has 0 amide bonds. The van der Waals surface area contributed by atoms with Crippen LogP contribution in [-0.4, -0.2) is 11.5 Å². The Balaban J connectivity index is 2.35. The maximum absolute atomic E-state index is 4.38. The fourth-order valence-electron chi connectivity index (χ4n) is 1.66. The molecule has 1 N–H and O–H groups in total. The molecule has 1 aromatic heterocycles. The predicted molar refractivity (Wildman–Crippen MR) is 77.4 cm³/mol. The highest BCUT2D eigenvalue weighted by Crippen LogP contribution is 2.27. The van der Waals surface area contributed by atoms with Crippen molar-refractivity contribution in [3.05, 3.63) is 46.6 Å². The molecule has 3 heteroatoms. The van der Waals surface area contributed by atoms with Gasteiger partial charge in [0.25, 0.3) is 0 Å². The molecule has 0 aliphatic carbocycles. The minimum atomic E-state index is 0.807. The van der Waals surface area contributed by atoms with Crippen LogP contribution in [0, 0.1) is 0 Å². The standard InChI is InChI=1S/C14H15BrN2/c1-10(2)6-8-16-14-12-4-3-5-13(15)11(12)7-9-17-14/h3-7,9H,8H2,1-2H3,(H,16,17). The molecule has 0 bridgehead atoms.